The Balaban J connectivity index is 2.67. The van der Waals surface area contributed by atoms with Gasteiger partial charge in [0.2, 0.25) is 5.91 Å². The SMILES string of the molecule is CSCCC(C)N(C)C(=O)[C@H]1CC(C)C[C@H]1C(=O)O. The first-order valence-electron chi connectivity index (χ1n) is 6.86. The third-order valence-corrected chi connectivity index (χ3v) is 4.83. The van der Waals surface area contributed by atoms with Gasteiger partial charge >= 0.3 is 5.97 Å². The lowest BCUT2D eigenvalue weighted by Gasteiger charge is -2.29. The minimum Gasteiger partial charge on any atom is -0.481 e. The molecule has 1 amide bonds. The second kappa shape index (κ2) is 7.17. The highest BCUT2D eigenvalue weighted by Gasteiger charge is 2.42. The van der Waals surface area contributed by atoms with Crippen LogP contribution in [-0.2, 0) is 9.59 Å². The normalized spacial score (nSPS) is 28.1. The minimum absolute atomic E-state index is 0.00496. The molecule has 4 atom stereocenters. The summed E-state index contributed by atoms with van der Waals surface area (Å²) in [4.78, 5) is 25.5. The average Bonchev–Trinajstić information content (AvgIpc) is 2.76. The molecule has 1 fully saturated rings. The first-order chi connectivity index (χ1) is 8.88. The van der Waals surface area contributed by atoms with Gasteiger partial charge in [-0.1, -0.05) is 6.92 Å². The van der Waals surface area contributed by atoms with Gasteiger partial charge in [-0.25, -0.2) is 0 Å². The minimum atomic E-state index is -0.826. The van der Waals surface area contributed by atoms with E-state index in [0.29, 0.717) is 18.8 Å². The summed E-state index contributed by atoms with van der Waals surface area (Å²) in [5.41, 5.74) is 0. The largest absolute Gasteiger partial charge is 0.481 e. The van der Waals surface area contributed by atoms with Crippen molar-refractivity contribution in [1.29, 1.82) is 0 Å². The maximum atomic E-state index is 12.5. The zero-order valence-electron chi connectivity index (χ0n) is 12.3. The van der Waals surface area contributed by atoms with Gasteiger partial charge in [-0.15, -0.1) is 0 Å². The molecule has 0 heterocycles. The molecule has 5 heteroatoms. The van der Waals surface area contributed by atoms with E-state index >= 15 is 0 Å². The van der Waals surface area contributed by atoms with Gasteiger partial charge < -0.3 is 10.0 Å². The number of carbonyl (C=O) groups is 2. The molecule has 0 aromatic heterocycles. The zero-order chi connectivity index (χ0) is 14.6. The second-order valence-corrected chi connectivity index (χ2v) is 6.69. The molecule has 1 aliphatic carbocycles. The van der Waals surface area contributed by atoms with Crippen LogP contribution in [0.5, 0.6) is 0 Å². The van der Waals surface area contributed by atoms with Gasteiger partial charge in [0, 0.05) is 13.1 Å². The summed E-state index contributed by atoms with van der Waals surface area (Å²) in [6, 6.07) is 0.172. The van der Waals surface area contributed by atoms with E-state index in [2.05, 4.69) is 0 Å². The summed E-state index contributed by atoms with van der Waals surface area (Å²) >= 11 is 1.77. The van der Waals surface area contributed by atoms with E-state index in [1.54, 1.807) is 23.7 Å². The van der Waals surface area contributed by atoms with Crippen molar-refractivity contribution in [1.82, 2.24) is 4.90 Å². The molecule has 0 saturated heterocycles. The molecule has 2 unspecified atom stereocenters. The number of rotatable bonds is 6. The molecule has 4 nitrogen and oxygen atoms in total. The molecule has 1 saturated carbocycles. The van der Waals surface area contributed by atoms with Crippen LogP contribution in [0.2, 0.25) is 0 Å². The summed E-state index contributed by atoms with van der Waals surface area (Å²) in [5, 5.41) is 9.24. The van der Waals surface area contributed by atoms with Crippen LogP contribution in [0, 0.1) is 17.8 Å². The number of hydrogen-bond acceptors (Lipinski definition) is 3. The smallest absolute Gasteiger partial charge is 0.307 e. The van der Waals surface area contributed by atoms with Crippen LogP contribution in [0.4, 0.5) is 0 Å². The molecule has 1 rings (SSSR count). The summed E-state index contributed by atoms with van der Waals surface area (Å²) in [7, 11) is 1.80. The molecular weight excluding hydrogens is 262 g/mol. The summed E-state index contributed by atoms with van der Waals surface area (Å²) in [5.74, 6) is -0.322. The molecule has 19 heavy (non-hydrogen) atoms. The third-order valence-electron chi connectivity index (χ3n) is 4.18. The molecule has 0 bridgehead atoms. The fourth-order valence-electron chi connectivity index (χ4n) is 2.80. The van der Waals surface area contributed by atoms with E-state index in [1.807, 2.05) is 20.1 Å². The van der Waals surface area contributed by atoms with Crippen molar-refractivity contribution in [3.63, 3.8) is 0 Å². The highest BCUT2D eigenvalue weighted by Crippen LogP contribution is 2.37. The van der Waals surface area contributed by atoms with Crippen LogP contribution in [0.1, 0.15) is 33.1 Å². The Kier molecular flexibility index (Phi) is 6.17. The quantitative estimate of drug-likeness (QED) is 0.814. The molecular formula is C14H25NO3S. The van der Waals surface area contributed by atoms with Crippen molar-refractivity contribution in [3.05, 3.63) is 0 Å². The Labute approximate surface area is 119 Å². The molecule has 1 N–H and O–H groups in total. The Hall–Kier alpha value is -0.710. The first kappa shape index (κ1) is 16.3. The topological polar surface area (TPSA) is 57.6 Å². The number of aliphatic carboxylic acids is 1. The Morgan fingerprint density at radius 2 is 1.95 bits per heavy atom. The van der Waals surface area contributed by atoms with Crippen molar-refractivity contribution >= 4 is 23.6 Å². The van der Waals surface area contributed by atoms with Gasteiger partial charge in [-0.3, -0.25) is 9.59 Å². The zero-order valence-corrected chi connectivity index (χ0v) is 13.1. The van der Waals surface area contributed by atoms with Crippen LogP contribution in [0.25, 0.3) is 0 Å². The molecule has 0 aromatic rings. The number of carbonyl (C=O) groups excluding carboxylic acids is 1. The van der Waals surface area contributed by atoms with E-state index in [-0.39, 0.29) is 17.9 Å². The van der Waals surface area contributed by atoms with E-state index in [4.69, 9.17) is 0 Å². The van der Waals surface area contributed by atoms with Gasteiger partial charge in [0.25, 0.3) is 0 Å². The second-order valence-electron chi connectivity index (χ2n) is 5.71. The van der Waals surface area contributed by atoms with Gasteiger partial charge in [0.05, 0.1) is 11.8 Å². The number of thioether (sulfide) groups is 1. The van der Waals surface area contributed by atoms with Gasteiger partial charge in [0.15, 0.2) is 0 Å². The number of nitrogens with zero attached hydrogens (tertiary/aromatic N) is 1. The lowest BCUT2D eigenvalue weighted by molar-refractivity contribution is -0.149. The molecule has 0 aromatic carbocycles. The molecule has 0 spiro atoms. The van der Waals surface area contributed by atoms with Crippen LogP contribution < -0.4 is 0 Å². The standard InChI is InChI=1S/C14H25NO3S/c1-9-7-11(12(8-9)14(17)18)13(16)15(3)10(2)5-6-19-4/h9-12H,5-8H2,1-4H3,(H,17,18)/t9?,10?,11-,12+/m0/s1. The monoisotopic (exact) mass is 287 g/mol. The van der Waals surface area contributed by atoms with E-state index < -0.39 is 11.9 Å². The van der Waals surface area contributed by atoms with Gasteiger partial charge in [-0.05, 0) is 44.1 Å². The maximum absolute atomic E-state index is 12.5. The molecule has 1 aliphatic rings. The summed E-state index contributed by atoms with van der Waals surface area (Å²) in [6.07, 6.45) is 4.32. The van der Waals surface area contributed by atoms with E-state index in [0.717, 1.165) is 12.2 Å². The van der Waals surface area contributed by atoms with E-state index in [1.165, 1.54) is 0 Å². The lowest BCUT2D eigenvalue weighted by Crippen LogP contribution is -2.41. The maximum Gasteiger partial charge on any atom is 0.307 e. The Morgan fingerprint density at radius 3 is 2.47 bits per heavy atom. The fraction of sp³-hybridized carbons (Fsp3) is 0.857. The number of hydrogen-bond donors (Lipinski definition) is 1. The Morgan fingerprint density at radius 1 is 1.37 bits per heavy atom. The predicted molar refractivity (Wildman–Crippen MR) is 78.2 cm³/mol. The summed E-state index contributed by atoms with van der Waals surface area (Å²) < 4.78 is 0. The average molecular weight is 287 g/mol. The highest BCUT2D eigenvalue weighted by atomic mass is 32.2. The predicted octanol–water partition coefficient (Wildman–Crippen LogP) is 2.33. The van der Waals surface area contributed by atoms with Crippen LogP contribution in [-0.4, -0.2) is 47.0 Å². The third kappa shape index (κ3) is 4.13. The Bertz CT molecular complexity index is 335. The highest BCUT2D eigenvalue weighted by molar-refractivity contribution is 7.98. The van der Waals surface area contributed by atoms with Crippen molar-refractivity contribution < 1.29 is 14.7 Å². The number of amides is 1. The van der Waals surface area contributed by atoms with Gasteiger partial charge in [-0.2, -0.15) is 11.8 Å². The van der Waals surface area contributed by atoms with E-state index in [9.17, 15) is 14.7 Å². The van der Waals surface area contributed by atoms with Crippen molar-refractivity contribution in [3.8, 4) is 0 Å². The van der Waals surface area contributed by atoms with Crippen molar-refractivity contribution in [2.75, 3.05) is 19.1 Å². The van der Waals surface area contributed by atoms with Gasteiger partial charge in [0.1, 0.15) is 0 Å². The van der Waals surface area contributed by atoms with Crippen LogP contribution >= 0.6 is 11.8 Å². The summed E-state index contributed by atoms with van der Waals surface area (Å²) in [6.45, 7) is 4.06. The molecule has 0 radical (unpaired) electrons. The molecule has 110 valence electrons. The first-order valence-corrected chi connectivity index (χ1v) is 8.26. The van der Waals surface area contributed by atoms with Crippen LogP contribution in [0.15, 0.2) is 0 Å². The fourth-order valence-corrected chi connectivity index (χ4v) is 3.38. The number of carboxylic acids is 1. The van der Waals surface area contributed by atoms with Crippen LogP contribution in [0.3, 0.4) is 0 Å². The molecule has 0 aliphatic heterocycles. The lowest BCUT2D eigenvalue weighted by atomic mass is 9.94. The van der Waals surface area contributed by atoms with Crippen molar-refractivity contribution in [2.45, 2.75) is 39.2 Å². The number of carboxylic acid groups (broad SMARTS) is 1. The van der Waals surface area contributed by atoms with Crippen molar-refractivity contribution in [2.24, 2.45) is 17.8 Å².